The molecule has 0 aliphatic heterocycles. The van der Waals surface area contributed by atoms with E-state index in [4.69, 9.17) is 23.2 Å². The molecule has 0 bridgehead atoms. The summed E-state index contributed by atoms with van der Waals surface area (Å²) >= 11 is 13.7. The van der Waals surface area contributed by atoms with Crippen molar-refractivity contribution in [1.82, 2.24) is 10.2 Å². The second-order valence-electron chi connectivity index (χ2n) is 8.33. The van der Waals surface area contributed by atoms with Gasteiger partial charge < -0.3 is 10.2 Å². The highest BCUT2D eigenvalue weighted by molar-refractivity contribution is 7.99. The van der Waals surface area contributed by atoms with Crippen LogP contribution in [0.15, 0.2) is 42.5 Å². The van der Waals surface area contributed by atoms with Crippen LogP contribution < -0.4 is 5.32 Å². The van der Waals surface area contributed by atoms with Crippen LogP contribution in [0.5, 0.6) is 0 Å². The molecule has 2 aromatic rings. The SMILES string of the molecule is CC(C(=O)NC1CCCCC1)N(Cc1ccccc1Cl)C(=O)CSCc1c(F)cccc1Cl. The van der Waals surface area contributed by atoms with Gasteiger partial charge in [0.25, 0.3) is 0 Å². The van der Waals surface area contributed by atoms with E-state index in [1.54, 1.807) is 30.0 Å². The fraction of sp³-hybridized carbons (Fsp3) is 0.440. The third-order valence-electron chi connectivity index (χ3n) is 5.95. The Morgan fingerprint density at radius 3 is 2.48 bits per heavy atom. The normalized spacial score (nSPS) is 15.2. The standard InChI is InChI=1S/C25H29Cl2FN2O2S/c1-17(25(32)29-19-9-3-2-4-10-19)30(14-18-8-5-6-11-21(18)26)24(31)16-33-15-20-22(27)12-7-13-23(20)28/h5-8,11-13,17,19H,2-4,9-10,14-16H2,1H3,(H,29,32). The number of halogens is 3. The average molecular weight is 511 g/mol. The predicted molar refractivity (Wildman–Crippen MR) is 134 cm³/mol. The Kier molecular flexibility index (Phi) is 9.90. The van der Waals surface area contributed by atoms with Crippen LogP contribution in [0.1, 0.15) is 50.2 Å². The van der Waals surface area contributed by atoms with Crippen molar-refractivity contribution in [2.75, 3.05) is 5.75 Å². The Labute approximate surface area is 209 Å². The van der Waals surface area contributed by atoms with Crippen LogP contribution in [-0.2, 0) is 21.9 Å². The van der Waals surface area contributed by atoms with Crippen LogP contribution in [0, 0.1) is 5.82 Å². The minimum atomic E-state index is -0.659. The van der Waals surface area contributed by atoms with Gasteiger partial charge in [0.05, 0.1) is 5.75 Å². The first kappa shape index (κ1) is 25.9. The molecule has 1 aliphatic rings. The summed E-state index contributed by atoms with van der Waals surface area (Å²) in [4.78, 5) is 27.8. The van der Waals surface area contributed by atoms with Gasteiger partial charge >= 0.3 is 0 Å². The summed E-state index contributed by atoms with van der Waals surface area (Å²) in [6.07, 6.45) is 5.35. The van der Waals surface area contributed by atoms with Crippen molar-refractivity contribution in [3.63, 3.8) is 0 Å². The molecular weight excluding hydrogens is 482 g/mol. The van der Waals surface area contributed by atoms with E-state index in [9.17, 15) is 14.0 Å². The van der Waals surface area contributed by atoms with E-state index >= 15 is 0 Å². The molecule has 0 heterocycles. The van der Waals surface area contributed by atoms with Gasteiger partial charge in [-0.15, -0.1) is 11.8 Å². The van der Waals surface area contributed by atoms with Crippen molar-refractivity contribution in [3.05, 3.63) is 69.5 Å². The number of benzene rings is 2. The number of carbonyl (C=O) groups excluding carboxylic acids is 2. The molecule has 1 N–H and O–H groups in total. The zero-order valence-electron chi connectivity index (χ0n) is 18.7. The lowest BCUT2D eigenvalue weighted by atomic mass is 9.95. The maximum Gasteiger partial charge on any atom is 0.242 e. The molecule has 4 nitrogen and oxygen atoms in total. The summed E-state index contributed by atoms with van der Waals surface area (Å²) in [5, 5.41) is 3.99. The van der Waals surface area contributed by atoms with E-state index in [0.29, 0.717) is 15.6 Å². The second-order valence-corrected chi connectivity index (χ2v) is 10.1. The van der Waals surface area contributed by atoms with E-state index in [-0.39, 0.29) is 35.9 Å². The van der Waals surface area contributed by atoms with Crippen LogP contribution in [0.2, 0.25) is 10.0 Å². The number of nitrogens with one attached hydrogen (secondary N) is 1. The van der Waals surface area contributed by atoms with Gasteiger partial charge in [-0.05, 0) is 43.5 Å². The molecule has 2 aromatic carbocycles. The molecule has 0 saturated heterocycles. The number of amides is 2. The molecule has 1 aliphatic carbocycles. The van der Waals surface area contributed by atoms with E-state index in [1.165, 1.54) is 24.2 Å². The topological polar surface area (TPSA) is 49.4 Å². The van der Waals surface area contributed by atoms with E-state index in [1.807, 2.05) is 18.2 Å². The Bertz CT molecular complexity index is 949. The molecule has 0 radical (unpaired) electrons. The summed E-state index contributed by atoms with van der Waals surface area (Å²) in [5.74, 6) is -0.408. The first-order valence-corrected chi connectivity index (χ1v) is 13.1. The highest BCUT2D eigenvalue weighted by atomic mass is 35.5. The monoisotopic (exact) mass is 510 g/mol. The highest BCUT2D eigenvalue weighted by Gasteiger charge is 2.28. The zero-order valence-corrected chi connectivity index (χ0v) is 21.0. The van der Waals surface area contributed by atoms with Gasteiger partial charge in [0, 0.05) is 33.9 Å². The molecule has 0 aromatic heterocycles. The Balaban J connectivity index is 1.69. The van der Waals surface area contributed by atoms with Gasteiger partial charge in [0.2, 0.25) is 11.8 Å². The molecule has 8 heteroatoms. The van der Waals surface area contributed by atoms with Crippen molar-refractivity contribution in [3.8, 4) is 0 Å². The number of thioether (sulfide) groups is 1. The molecule has 178 valence electrons. The minimum Gasteiger partial charge on any atom is -0.352 e. The maximum atomic E-state index is 14.1. The van der Waals surface area contributed by atoms with Crippen molar-refractivity contribution in [2.24, 2.45) is 0 Å². The van der Waals surface area contributed by atoms with Crippen molar-refractivity contribution >= 4 is 46.8 Å². The zero-order chi connectivity index (χ0) is 23.8. The number of rotatable bonds is 9. The van der Waals surface area contributed by atoms with Gasteiger partial charge in [-0.2, -0.15) is 0 Å². The maximum absolute atomic E-state index is 14.1. The smallest absolute Gasteiger partial charge is 0.242 e. The van der Waals surface area contributed by atoms with E-state index in [2.05, 4.69) is 5.32 Å². The van der Waals surface area contributed by atoms with Crippen LogP contribution in [0.3, 0.4) is 0 Å². The Hall–Kier alpha value is -1.76. The van der Waals surface area contributed by atoms with Gasteiger partial charge in [-0.3, -0.25) is 9.59 Å². The largest absolute Gasteiger partial charge is 0.352 e. The fourth-order valence-electron chi connectivity index (χ4n) is 3.96. The predicted octanol–water partition coefficient (Wildman–Crippen LogP) is 6.23. The van der Waals surface area contributed by atoms with Crippen molar-refractivity contribution in [1.29, 1.82) is 0 Å². The van der Waals surface area contributed by atoms with Crippen LogP contribution in [-0.4, -0.2) is 34.6 Å². The van der Waals surface area contributed by atoms with Crippen LogP contribution in [0.4, 0.5) is 4.39 Å². The van der Waals surface area contributed by atoms with Gasteiger partial charge in [0.15, 0.2) is 0 Å². The molecule has 1 fully saturated rings. The molecular formula is C25H29Cl2FN2O2S. The lowest BCUT2D eigenvalue weighted by molar-refractivity contribution is -0.139. The summed E-state index contributed by atoms with van der Waals surface area (Å²) < 4.78 is 14.1. The second kappa shape index (κ2) is 12.6. The van der Waals surface area contributed by atoms with E-state index < -0.39 is 11.9 Å². The lowest BCUT2D eigenvalue weighted by Crippen LogP contribution is -2.50. The number of hydrogen-bond donors (Lipinski definition) is 1. The highest BCUT2D eigenvalue weighted by Crippen LogP contribution is 2.25. The fourth-order valence-corrected chi connectivity index (χ4v) is 5.40. The average Bonchev–Trinajstić information content (AvgIpc) is 2.80. The third-order valence-corrected chi connectivity index (χ3v) is 7.62. The van der Waals surface area contributed by atoms with Crippen LogP contribution in [0.25, 0.3) is 0 Å². The molecule has 2 amide bonds. The number of hydrogen-bond acceptors (Lipinski definition) is 3. The minimum absolute atomic E-state index is 0.0934. The summed E-state index contributed by atoms with van der Waals surface area (Å²) in [6.45, 7) is 1.96. The quantitative estimate of drug-likeness (QED) is 0.434. The molecule has 1 saturated carbocycles. The van der Waals surface area contributed by atoms with Crippen molar-refractivity contribution < 1.29 is 14.0 Å². The van der Waals surface area contributed by atoms with E-state index in [0.717, 1.165) is 31.2 Å². The first-order chi connectivity index (χ1) is 15.9. The van der Waals surface area contributed by atoms with Gasteiger partial charge in [-0.25, -0.2) is 4.39 Å². The Morgan fingerprint density at radius 1 is 1.09 bits per heavy atom. The van der Waals surface area contributed by atoms with Crippen LogP contribution >= 0.6 is 35.0 Å². The number of carbonyl (C=O) groups is 2. The third kappa shape index (κ3) is 7.36. The summed E-state index contributed by atoms with van der Waals surface area (Å²) in [6, 6.07) is 11.3. The lowest BCUT2D eigenvalue weighted by Gasteiger charge is -2.31. The molecule has 33 heavy (non-hydrogen) atoms. The summed E-state index contributed by atoms with van der Waals surface area (Å²) in [7, 11) is 0. The first-order valence-electron chi connectivity index (χ1n) is 11.2. The van der Waals surface area contributed by atoms with Gasteiger partial charge in [-0.1, -0.05) is 66.7 Å². The number of nitrogens with zero attached hydrogens (tertiary/aromatic N) is 1. The molecule has 1 unspecified atom stereocenters. The summed E-state index contributed by atoms with van der Waals surface area (Å²) in [5.41, 5.74) is 1.14. The molecule has 3 rings (SSSR count). The molecule has 0 spiro atoms. The Morgan fingerprint density at radius 2 is 1.79 bits per heavy atom. The van der Waals surface area contributed by atoms with Gasteiger partial charge in [0.1, 0.15) is 11.9 Å². The molecule has 1 atom stereocenters. The van der Waals surface area contributed by atoms with Crippen molar-refractivity contribution in [2.45, 2.75) is 63.4 Å².